The van der Waals surface area contributed by atoms with Gasteiger partial charge >= 0.3 is 0 Å². The molecule has 0 saturated heterocycles. The molecule has 0 aromatic heterocycles. The van der Waals surface area contributed by atoms with E-state index < -0.39 is 0 Å². The fraction of sp³-hybridized carbons (Fsp3) is 0.300. The molecule has 1 heteroatoms. The molecule has 0 amide bonds. The third-order valence-corrected chi connectivity index (χ3v) is 5.69. The monoisotopic (exact) mass is 294 g/mol. The molecule has 2 atom stereocenters. The van der Waals surface area contributed by atoms with Gasteiger partial charge in [-0.1, -0.05) is 80.1 Å². The van der Waals surface area contributed by atoms with Gasteiger partial charge in [-0.05, 0) is 29.4 Å². The lowest BCUT2D eigenvalue weighted by molar-refractivity contribution is 0.490. The highest BCUT2D eigenvalue weighted by atomic mass is 32.2. The van der Waals surface area contributed by atoms with E-state index in [9.17, 15) is 0 Å². The van der Waals surface area contributed by atoms with Crippen LogP contribution in [-0.4, -0.2) is 0 Å². The van der Waals surface area contributed by atoms with Gasteiger partial charge in [0.25, 0.3) is 0 Å². The topological polar surface area (TPSA) is 0 Å². The Bertz CT molecular complexity index is 588. The Hall–Kier alpha value is -1.47. The van der Waals surface area contributed by atoms with Gasteiger partial charge in [-0.3, -0.25) is 0 Å². The lowest BCUT2D eigenvalue weighted by Gasteiger charge is -2.38. The Balaban J connectivity index is 1.94. The number of thioether (sulfide) groups is 1. The molecule has 0 radical (unpaired) electrons. The highest BCUT2D eigenvalue weighted by Crippen LogP contribution is 2.51. The Kier molecular flexibility index (Phi) is 4.50. The van der Waals surface area contributed by atoms with E-state index in [-0.39, 0.29) is 4.75 Å². The van der Waals surface area contributed by atoms with E-state index in [1.165, 1.54) is 30.4 Å². The summed E-state index contributed by atoms with van der Waals surface area (Å²) in [6.45, 7) is 2.29. The molecule has 0 nitrogen and oxygen atoms in total. The highest BCUT2D eigenvalue weighted by Gasteiger charge is 2.36. The van der Waals surface area contributed by atoms with Crippen LogP contribution in [0.3, 0.4) is 0 Å². The second kappa shape index (κ2) is 6.53. The molecule has 0 unspecified atom stereocenters. The fourth-order valence-corrected chi connectivity index (χ4v) is 4.70. The van der Waals surface area contributed by atoms with Gasteiger partial charge < -0.3 is 0 Å². The minimum atomic E-state index is 0.227. The maximum absolute atomic E-state index is 2.37. The molecular weight excluding hydrogens is 272 g/mol. The van der Waals surface area contributed by atoms with Crippen molar-refractivity contribution in [2.24, 2.45) is 0 Å². The van der Waals surface area contributed by atoms with Crippen molar-refractivity contribution in [2.45, 2.75) is 36.9 Å². The van der Waals surface area contributed by atoms with Crippen molar-refractivity contribution in [3.63, 3.8) is 0 Å². The summed E-state index contributed by atoms with van der Waals surface area (Å²) in [7, 11) is 0. The zero-order chi connectivity index (χ0) is 14.5. The summed E-state index contributed by atoms with van der Waals surface area (Å²) in [5.41, 5.74) is 2.91. The van der Waals surface area contributed by atoms with Crippen LogP contribution < -0.4 is 0 Å². The fourth-order valence-electron chi connectivity index (χ4n) is 3.30. The molecule has 0 bridgehead atoms. The van der Waals surface area contributed by atoms with Crippen LogP contribution >= 0.6 is 11.8 Å². The molecule has 2 aromatic carbocycles. The van der Waals surface area contributed by atoms with Crippen molar-refractivity contribution in [3.05, 3.63) is 83.3 Å². The van der Waals surface area contributed by atoms with Gasteiger partial charge in [0.2, 0.25) is 0 Å². The van der Waals surface area contributed by atoms with Crippen LogP contribution in [0.5, 0.6) is 0 Å². The third-order valence-electron chi connectivity index (χ3n) is 4.34. The van der Waals surface area contributed by atoms with Crippen molar-refractivity contribution in [3.8, 4) is 0 Å². The molecule has 0 saturated carbocycles. The van der Waals surface area contributed by atoms with E-state index in [1.807, 2.05) is 11.8 Å². The molecule has 1 heterocycles. The first-order valence-electron chi connectivity index (χ1n) is 7.79. The summed E-state index contributed by atoms with van der Waals surface area (Å²) >= 11 is 2.01. The normalized spacial score (nSPS) is 24.9. The van der Waals surface area contributed by atoms with Crippen molar-refractivity contribution >= 4 is 11.8 Å². The van der Waals surface area contributed by atoms with E-state index in [1.54, 1.807) is 0 Å². The molecule has 0 N–H and O–H groups in total. The summed E-state index contributed by atoms with van der Waals surface area (Å²) < 4.78 is 0.227. The van der Waals surface area contributed by atoms with E-state index in [0.717, 1.165) is 0 Å². The first-order chi connectivity index (χ1) is 10.3. The Labute approximate surface area is 132 Å². The van der Waals surface area contributed by atoms with Gasteiger partial charge in [-0.15, -0.1) is 11.8 Å². The predicted octanol–water partition coefficient (Wildman–Crippen LogP) is 6.12. The highest BCUT2D eigenvalue weighted by molar-refractivity contribution is 8.03. The summed E-state index contributed by atoms with van der Waals surface area (Å²) in [5, 5.41) is 2.32. The van der Waals surface area contributed by atoms with Crippen molar-refractivity contribution in [1.29, 1.82) is 0 Å². The minimum Gasteiger partial charge on any atom is -0.123 e. The second-order valence-corrected chi connectivity index (χ2v) is 7.07. The van der Waals surface area contributed by atoms with Crippen LogP contribution in [0.2, 0.25) is 0 Å². The number of hydrogen-bond acceptors (Lipinski definition) is 1. The van der Waals surface area contributed by atoms with Crippen LogP contribution in [0.4, 0.5) is 0 Å². The molecule has 1 aliphatic heterocycles. The predicted molar refractivity (Wildman–Crippen MR) is 93.6 cm³/mol. The lowest BCUT2D eigenvalue weighted by Crippen LogP contribution is -2.26. The average Bonchev–Trinajstić information content (AvgIpc) is 2.57. The van der Waals surface area contributed by atoms with Gasteiger partial charge in [0, 0.05) is 10.7 Å². The number of hydrogen-bond donors (Lipinski definition) is 0. The van der Waals surface area contributed by atoms with Crippen LogP contribution in [0.25, 0.3) is 0 Å². The molecule has 108 valence electrons. The Morgan fingerprint density at radius 3 is 2.33 bits per heavy atom. The van der Waals surface area contributed by atoms with Gasteiger partial charge in [0.15, 0.2) is 0 Å². The van der Waals surface area contributed by atoms with Gasteiger partial charge in [0.1, 0.15) is 0 Å². The number of benzene rings is 2. The first-order valence-corrected chi connectivity index (χ1v) is 8.67. The largest absolute Gasteiger partial charge is 0.123 e. The van der Waals surface area contributed by atoms with E-state index in [2.05, 4.69) is 79.1 Å². The second-order valence-electron chi connectivity index (χ2n) is 5.78. The Morgan fingerprint density at radius 1 is 1.00 bits per heavy atom. The zero-order valence-corrected chi connectivity index (χ0v) is 13.4. The molecule has 0 aliphatic carbocycles. The summed E-state index contributed by atoms with van der Waals surface area (Å²) in [5.74, 6) is 0.527. The van der Waals surface area contributed by atoms with Gasteiger partial charge in [-0.25, -0.2) is 0 Å². The molecule has 2 aromatic rings. The SMILES string of the molecule is CCC[C@]1(c2ccccc2)C[C@@H](c2ccccc2)C=CS1. The lowest BCUT2D eigenvalue weighted by atomic mass is 9.81. The summed E-state index contributed by atoms with van der Waals surface area (Å²) in [6.07, 6.45) is 6.01. The molecule has 1 aliphatic rings. The van der Waals surface area contributed by atoms with Gasteiger partial charge in [-0.2, -0.15) is 0 Å². The van der Waals surface area contributed by atoms with Gasteiger partial charge in [0.05, 0.1) is 0 Å². The van der Waals surface area contributed by atoms with E-state index in [4.69, 9.17) is 0 Å². The summed E-state index contributed by atoms with van der Waals surface area (Å²) in [6, 6.07) is 22.0. The standard InChI is InChI=1S/C20H22S/c1-2-14-20(19-11-7-4-8-12-19)16-18(13-15-21-20)17-9-5-3-6-10-17/h3-13,15,18H,2,14,16H2,1H3/t18-,20+/m0/s1. The van der Waals surface area contributed by atoms with Crippen LogP contribution in [0.1, 0.15) is 43.2 Å². The molecule has 0 spiro atoms. The van der Waals surface area contributed by atoms with Crippen LogP contribution in [0.15, 0.2) is 72.1 Å². The maximum Gasteiger partial charge on any atom is 0.0458 e. The quantitative estimate of drug-likeness (QED) is 0.655. The zero-order valence-electron chi connectivity index (χ0n) is 12.5. The van der Waals surface area contributed by atoms with Crippen molar-refractivity contribution < 1.29 is 0 Å². The number of rotatable bonds is 4. The Morgan fingerprint density at radius 2 is 1.67 bits per heavy atom. The summed E-state index contributed by atoms with van der Waals surface area (Å²) in [4.78, 5) is 0. The average molecular weight is 294 g/mol. The molecule has 21 heavy (non-hydrogen) atoms. The third kappa shape index (κ3) is 3.08. The smallest absolute Gasteiger partial charge is 0.0458 e. The molecular formula is C20H22S. The minimum absolute atomic E-state index is 0.227. The van der Waals surface area contributed by atoms with E-state index >= 15 is 0 Å². The maximum atomic E-state index is 2.37. The first kappa shape index (κ1) is 14.5. The van der Waals surface area contributed by atoms with Crippen LogP contribution in [-0.2, 0) is 4.75 Å². The molecule has 3 rings (SSSR count). The molecule has 0 fully saturated rings. The number of allylic oxidation sites excluding steroid dienone is 1. The van der Waals surface area contributed by atoms with Crippen molar-refractivity contribution in [1.82, 2.24) is 0 Å². The van der Waals surface area contributed by atoms with Crippen molar-refractivity contribution in [2.75, 3.05) is 0 Å². The van der Waals surface area contributed by atoms with E-state index in [0.29, 0.717) is 5.92 Å². The van der Waals surface area contributed by atoms with Crippen LogP contribution in [0, 0.1) is 0 Å².